The van der Waals surface area contributed by atoms with Gasteiger partial charge in [-0.1, -0.05) is 25.0 Å². The van der Waals surface area contributed by atoms with Crippen molar-refractivity contribution in [3.8, 4) is 0 Å². The number of para-hydroxylation sites is 2. The van der Waals surface area contributed by atoms with E-state index in [1.165, 1.54) is 4.90 Å². The molecule has 4 amide bonds. The molecule has 2 fully saturated rings. The Labute approximate surface area is 169 Å². The highest BCUT2D eigenvalue weighted by molar-refractivity contribution is 6.07. The number of hydrogen-bond acceptors (Lipinski definition) is 4. The number of hydrogen-bond donors (Lipinski definition) is 3. The maximum absolute atomic E-state index is 12.6. The number of nitrogens with one attached hydrogen (secondary N) is 3. The van der Waals surface area contributed by atoms with Crippen molar-refractivity contribution in [2.45, 2.75) is 56.9 Å². The average Bonchev–Trinajstić information content (AvgIpc) is 3.39. The summed E-state index contributed by atoms with van der Waals surface area (Å²) in [4.78, 5) is 45.8. The topological polar surface area (TPSA) is 107 Å². The van der Waals surface area contributed by atoms with Crippen LogP contribution < -0.4 is 10.6 Å². The molecule has 8 nitrogen and oxygen atoms in total. The molecule has 2 heterocycles. The number of aromatic amines is 1. The molecule has 3 N–H and O–H groups in total. The van der Waals surface area contributed by atoms with E-state index in [1.807, 2.05) is 24.3 Å². The first-order valence-corrected chi connectivity index (χ1v) is 10.4. The molecule has 1 aliphatic carbocycles. The Morgan fingerprint density at radius 1 is 1.17 bits per heavy atom. The molecule has 1 saturated heterocycles. The van der Waals surface area contributed by atoms with Crippen molar-refractivity contribution in [3.63, 3.8) is 0 Å². The molecular formula is C21H27N5O3. The van der Waals surface area contributed by atoms with Crippen LogP contribution in [0.15, 0.2) is 24.3 Å². The smallest absolute Gasteiger partial charge is 0.325 e. The highest BCUT2D eigenvalue weighted by Gasteiger charge is 2.51. The van der Waals surface area contributed by atoms with Crippen LogP contribution in [0.2, 0.25) is 0 Å². The van der Waals surface area contributed by atoms with Crippen LogP contribution in [0.25, 0.3) is 11.0 Å². The third kappa shape index (κ3) is 4.11. The molecule has 0 unspecified atom stereocenters. The Hall–Kier alpha value is -2.90. The number of carbonyl (C=O) groups is 3. The lowest BCUT2D eigenvalue weighted by Gasteiger charge is -2.20. The molecule has 1 aromatic heterocycles. The number of nitrogens with zero attached hydrogens (tertiary/aromatic N) is 2. The van der Waals surface area contributed by atoms with Crippen LogP contribution in [0.1, 0.15) is 50.8 Å². The highest BCUT2D eigenvalue weighted by Crippen LogP contribution is 2.34. The van der Waals surface area contributed by atoms with Crippen LogP contribution in [-0.2, 0) is 16.0 Å². The zero-order valence-corrected chi connectivity index (χ0v) is 16.5. The minimum Gasteiger partial charge on any atom is -0.356 e. The average molecular weight is 397 g/mol. The molecule has 8 heteroatoms. The fourth-order valence-corrected chi connectivity index (χ4v) is 4.29. The van der Waals surface area contributed by atoms with Gasteiger partial charge in [-0.25, -0.2) is 9.78 Å². The lowest BCUT2D eigenvalue weighted by atomic mass is 9.98. The number of urea groups is 1. The van der Waals surface area contributed by atoms with E-state index in [4.69, 9.17) is 0 Å². The van der Waals surface area contributed by atoms with Crippen LogP contribution >= 0.6 is 0 Å². The number of benzene rings is 1. The van der Waals surface area contributed by atoms with Gasteiger partial charge in [0.05, 0.1) is 11.0 Å². The molecule has 0 radical (unpaired) electrons. The summed E-state index contributed by atoms with van der Waals surface area (Å²) >= 11 is 0. The monoisotopic (exact) mass is 397 g/mol. The van der Waals surface area contributed by atoms with E-state index in [9.17, 15) is 14.4 Å². The van der Waals surface area contributed by atoms with E-state index in [1.54, 1.807) is 0 Å². The van der Waals surface area contributed by atoms with Gasteiger partial charge in [0, 0.05) is 25.9 Å². The minimum absolute atomic E-state index is 0.0226. The first kappa shape index (κ1) is 19.4. The van der Waals surface area contributed by atoms with Crippen LogP contribution in [0.3, 0.4) is 0 Å². The number of aromatic nitrogens is 2. The van der Waals surface area contributed by atoms with Gasteiger partial charge in [-0.2, -0.15) is 0 Å². The van der Waals surface area contributed by atoms with Gasteiger partial charge in [0.1, 0.15) is 11.4 Å². The van der Waals surface area contributed by atoms with Gasteiger partial charge in [-0.3, -0.25) is 14.5 Å². The number of imide groups is 1. The van der Waals surface area contributed by atoms with Crippen molar-refractivity contribution >= 4 is 28.9 Å². The number of imidazole rings is 1. The zero-order valence-electron chi connectivity index (χ0n) is 16.5. The van der Waals surface area contributed by atoms with E-state index in [2.05, 4.69) is 20.6 Å². The molecule has 29 heavy (non-hydrogen) atoms. The van der Waals surface area contributed by atoms with E-state index in [0.29, 0.717) is 38.8 Å². The standard InChI is InChI=1S/C21H27N5O3/c27-18(10-5-9-17-23-15-7-1-2-8-16(15)24-17)22-13-6-14-26-19(28)21(25-20(26)29)11-3-4-12-21/h1-2,7-8H,3-6,9-14H2,(H,22,27)(H,23,24)(H,25,29). The van der Waals surface area contributed by atoms with Crippen molar-refractivity contribution in [2.75, 3.05) is 13.1 Å². The van der Waals surface area contributed by atoms with Crippen LogP contribution in [0.5, 0.6) is 0 Å². The maximum Gasteiger partial charge on any atom is 0.325 e. The Balaban J connectivity index is 1.14. The summed E-state index contributed by atoms with van der Waals surface area (Å²) in [7, 11) is 0. The van der Waals surface area contributed by atoms with E-state index in [0.717, 1.165) is 42.5 Å². The van der Waals surface area contributed by atoms with Crippen molar-refractivity contribution in [1.29, 1.82) is 0 Å². The molecule has 1 saturated carbocycles. The van der Waals surface area contributed by atoms with Crippen LogP contribution in [-0.4, -0.2) is 51.3 Å². The second-order valence-corrected chi connectivity index (χ2v) is 7.93. The molecule has 2 aliphatic rings. The van der Waals surface area contributed by atoms with Gasteiger partial charge >= 0.3 is 6.03 Å². The van der Waals surface area contributed by atoms with Crippen molar-refractivity contribution in [2.24, 2.45) is 0 Å². The zero-order chi connectivity index (χ0) is 20.3. The normalized spacial score (nSPS) is 18.0. The summed E-state index contributed by atoms with van der Waals surface area (Å²) in [5.74, 6) is 0.765. The van der Waals surface area contributed by atoms with E-state index in [-0.39, 0.29) is 17.8 Å². The molecule has 0 bridgehead atoms. The lowest BCUT2D eigenvalue weighted by molar-refractivity contribution is -0.131. The molecule has 1 aromatic carbocycles. The maximum atomic E-state index is 12.6. The molecule has 2 aromatic rings. The molecule has 154 valence electrons. The lowest BCUT2D eigenvalue weighted by Crippen LogP contribution is -2.44. The Kier molecular flexibility index (Phi) is 5.51. The Morgan fingerprint density at radius 3 is 2.76 bits per heavy atom. The Morgan fingerprint density at radius 2 is 1.97 bits per heavy atom. The van der Waals surface area contributed by atoms with E-state index >= 15 is 0 Å². The molecule has 0 atom stereocenters. The van der Waals surface area contributed by atoms with Crippen molar-refractivity contribution in [3.05, 3.63) is 30.1 Å². The summed E-state index contributed by atoms with van der Waals surface area (Å²) in [5.41, 5.74) is 1.29. The predicted molar refractivity (Wildman–Crippen MR) is 108 cm³/mol. The number of amides is 4. The van der Waals surface area contributed by atoms with Gasteiger partial charge in [0.2, 0.25) is 5.91 Å². The first-order chi connectivity index (χ1) is 14.1. The molecular weight excluding hydrogens is 370 g/mol. The number of fused-ring (bicyclic) bond motifs is 1. The summed E-state index contributed by atoms with van der Waals surface area (Å²) in [5, 5.41) is 5.74. The second-order valence-electron chi connectivity index (χ2n) is 7.93. The second kappa shape index (κ2) is 8.23. The van der Waals surface area contributed by atoms with Gasteiger partial charge in [0.15, 0.2) is 0 Å². The first-order valence-electron chi connectivity index (χ1n) is 10.4. The highest BCUT2D eigenvalue weighted by atomic mass is 16.2. The van der Waals surface area contributed by atoms with Gasteiger partial charge in [-0.15, -0.1) is 0 Å². The summed E-state index contributed by atoms with van der Waals surface area (Å²) in [6, 6.07) is 7.56. The minimum atomic E-state index is -0.656. The Bertz CT molecular complexity index is 883. The SMILES string of the molecule is O=C(CCCc1nc2ccccc2[nH]1)NCCCN1C(=O)NC2(CCCC2)C1=O. The van der Waals surface area contributed by atoms with Gasteiger partial charge in [-0.05, 0) is 37.8 Å². The fraction of sp³-hybridized carbons (Fsp3) is 0.524. The van der Waals surface area contributed by atoms with Gasteiger partial charge in [0.25, 0.3) is 5.91 Å². The van der Waals surface area contributed by atoms with Crippen LogP contribution in [0.4, 0.5) is 4.79 Å². The fourth-order valence-electron chi connectivity index (χ4n) is 4.29. The van der Waals surface area contributed by atoms with Crippen molar-refractivity contribution < 1.29 is 14.4 Å². The predicted octanol–water partition coefficient (Wildman–Crippen LogP) is 2.26. The number of carbonyl (C=O) groups excluding carboxylic acids is 3. The third-order valence-electron chi connectivity index (χ3n) is 5.84. The number of aryl methyl sites for hydroxylation is 1. The van der Waals surface area contributed by atoms with Crippen LogP contribution in [0, 0.1) is 0 Å². The molecule has 1 aliphatic heterocycles. The quantitative estimate of drug-likeness (QED) is 0.469. The summed E-state index contributed by atoms with van der Waals surface area (Å²) in [6.45, 7) is 0.791. The van der Waals surface area contributed by atoms with Gasteiger partial charge < -0.3 is 15.6 Å². The molecule has 1 spiro atoms. The third-order valence-corrected chi connectivity index (χ3v) is 5.84. The summed E-state index contributed by atoms with van der Waals surface area (Å²) < 4.78 is 0. The molecule has 4 rings (SSSR count). The number of H-pyrrole nitrogens is 1. The van der Waals surface area contributed by atoms with Crippen molar-refractivity contribution in [1.82, 2.24) is 25.5 Å². The largest absolute Gasteiger partial charge is 0.356 e. The number of rotatable bonds is 8. The van der Waals surface area contributed by atoms with E-state index < -0.39 is 5.54 Å². The summed E-state index contributed by atoms with van der Waals surface area (Å²) in [6.07, 6.45) is 5.82.